The van der Waals surface area contributed by atoms with Crippen molar-refractivity contribution in [2.75, 3.05) is 0 Å². The van der Waals surface area contributed by atoms with Gasteiger partial charge in [0.15, 0.2) is 5.76 Å². The van der Waals surface area contributed by atoms with E-state index in [1.54, 1.807) is 4.90 Å². The molecule has 134 valence electrons. The molecule has 1 amide bonds. The second-order valence-corrected chi connectivity index (χ2v) is 6.86. The minimum absolute atomic E-state index is 0.164. The molecule has 1 N–H and O–H groups in total. The number of carbonyl (C=O) groups is 1. The third kappa shape index (κ3) is 3.24. The molecule has 0 bridgehead atoms. The topological polar surface area (TPSA) is 40.5 Å². The van der Waals surface area contributed by atoms with Crippen LogP contribution < -0.4 is 0 Å². The molecular weight excluding hydrogens is 334 g/mol. The summed E-state index contributed by atoms with van der Waals surface area (Å²) < 4.78 is 0. The Kier molecular flexibility index (Phi) is 4.51. The van der Waals surface area contributed by atoms with E-state index in [1.807, 2.05) is 91.9 Å². The highest BCUT2D eigenvalue weighted by Crippen LogP contribution is 2.43. The van der Waals surface area contributed by atoms with Crippen molar-refractivity contribution >= 4 is 11.5 Å². The lowest BCUT2D eigenvalue weighted by Crippen LogP contribution is -2.29. The summed E-state index contributed by atoms with van der Waals surface area (Å²) in [6.07, 6.45) is 0. The SMILES string of the molecule is Cc1ccc([C@H]2C(c3ccccc3)=C(O)C(=O)N2Cc2ccccc2)cc1. The van der Waals surface area contributed by atoms with Crippen LogP contribution in [0.2, 0.25) is 0 Å². The first-order valence-electron chi connectivity index (χ1n) is 9.05. The van der Waals surface area contributed by atoms with Crippen LogP contribution in [0.5, 0.6) is 0 Å². The van der Waals surface area contributed by atoms with E-state index in [0.29, 0.717) is 12.1 Å². The number of aryl methyl sites for hydroxylation is 1. The summed E-state index contributed by atoms with van der Waals surface area (Å²) in [5.41, 5.74) is 4.72. The van der Waals surface area contributed by atoms with Gasteiger partial charge in [0, 0.05) is 12.1 Å². The summed E-state index contributed by atoms with van der Waals surface area (Å²) in [5.74, 6) is -0.494. The second kappa shape index (κ2) is 7.12. The highest BCUT2D eigenvalue weighted by molar-refractivity contribution is 6.05. The van der Waals surface area contributed by atoms with Crippen molar-refractivity contribution in [1.82, 2.24) is 4.90 Å². The summed E-state index contributed by atoms with van der Waals surface area (Å²) in [5, 5.41) is 10.7. The molecule has 3 nitrogen and oxygen atoms in total. The number of aliphatic hydroxyl groups excluding tert-OH is 1. The molecule has 0 spiro atoms. The summed E-state index contributed by atoms with van der Waals surface area (Å²) >= 11 is 0. The third-order valence-electron chi connectivity index (χ3n) is 4.98. The molecule has 27 heavy (non-hydrogen) atoms. The van der Waals surface area contributed by atoms with Gasteiger partial charge in [0.2, 0.25) is 0 Å². The molecule has 0 radical (unpaired) electrons. The van der Waals surface area contributed by atoms with Crippen LogP contribution in [-0.4, -0.2) is 15.9 Å². The molecule has 3 heteroatoms. The Labute approximate surface area is 159 Å². The monoisotopic (exact) mass is 355 g/mol. The number of benzene rings is 3. The van der Waals surface area contributed by atoms with Gasteiger partial charge in [-0.05, 0) is 23.6 Å². The lowest BCUT2D eigenvalue weighted by molar-refractivity contribution is -0.130. The van der Waals surface area contributed by atoms with Crippen molar-refractivity contribution in [3.8, 4) is 0 Å². The number of rotatable bonds is 4. The summed E-state index contributed by atoms with van der Waals surface area (Å²) in [7, 11) is 0. The van der Waals surface area contributed by atoms with Gasteiger partial charge in [0.05, 0.1) is 6.04 Å². The number of carbonyl (C=O) groups excluding carboxylic acids is 1. The van der Waals surface area contributed by atoms with Crippen LogP contribution in [0.25, 0.3) is 5.57 Å². The maximum atomic E-state index is 13.0. The van der Waals surface area contributed by atoms with E-state index >= 15 is 0 Å². The average molecular weight is 355 g/mol. The maximum absolute atomic E-state index is 13.0. The smallest absolute Gasteiger partial charge is 0.290 e. The molecule has 0 aromatic heterocycles. The highest BCUT2D eigenvalue weighted by Gasteiger charge is 2.40. The Morgan fingerprint density at radius 2 is 1.44 bits per heavy atom. The number of nitrogens with zero attached hydrogens (tertiary/aromatic N) is 1. The van der Waals surface area contributed by atoms with Gasteiger partial charge < -0.3 is 10.0 Å². The van der Waals surface area contributed by atoms with Gasteiger partial charge in [-0.3, -0.25) is 4.79 Å². The van der Waals surface area contributed by atoms with Crippen molar-refractivity contribution in [3.63, 3.8) is 0 Å². The first kappa shape index (κ1) is 17.1. The second-order valence-electron chi connectivity index (χ2n) is 6.86. The molecule has 4 rings (SSSR count). The molecule has 0 saturated heterocycles. The number of hydrogen-bond donors (Lipinski definition) is 1. The van der Waals surface area contributed by atoms with Crippen LogP contribution in [0.1, 0.15) is 28.3 Å². The van der Waals surface area contributed by atoms with E-state index < -0.39 is 0 Å². The fraction of sp³-hybridized carbons (Fsp3) is 0.125. The minimum atomic E-state index is -0.330. The lowest BCUT2D eigenvalue weighted by Gasteiger charge is -2.27. The zero-order valence-electron chi connectivity index (χ0n) is 15.2. The van der Waals surface area contributed by atoms with E-state index in [-0.39, 0.29) is 17.7 Å². The third-order valence-corrected chi connectivity index (χ3v) is 4.98. The zero-order chi connectivity index (χ0) is 18.8. The van der Waals surface area contributed by atoms with Gasteiger partial charge in [0.25, 0.3) is 5.91 Å². The van der Waals surface area contributed by atoms with Crippen molar-refractivity contribution in [2.45, 2.75) is 19.5 Å². The van der Waals surface area contributed by atoms with Crippen LogP contribution >= 0.6 is 0 Å². The van der Waals surface area contributed by atoms with Gasteiger partial charge in [-0.25, -0.2) is 0 Å². The minimum Gasteiger partial charge on any atom is -0.503 e. The Morgan fingerprint density at radius 3 is 2.07 bits per heavy atom. The van der Waals surface area contributed by atoms with Crippen molar-refractivity contribution in [2.24, 2.45) is 0 Å². The number of hydrogen-bond acceptors (Lipinski definition) is 2. The van der Waals surface area contributed by atoms with Crippen LogP contribution in [0, 0.1) is 6.92 Å². The summed E-state index contributed by atoms with van der Waals surface area (Å²) in [6, 6.07) is 27.4. The van der Waals surface area contributed by atoms with Gasteiger partial charge in [-0.15, -0.1) is 0 Å². The quantitative estimate of drug-likeness (QED) is 0.711. The Hall–Kier alpha value is -3.33. The van der Waals surface area contributed by atoms with E-state index in [1.165, 1.54) is 0 Å². The molecule has 1 aliphatic rings. The van der Waals surface area contributed by atoms with Gasteiger partial charge >= 0.3 is 0 Å². The molecule has 1 aliphatic heterocycles. The molecule has 0 aliphatic carbocycles. The summed E-state index contributed by atoms with van der Waals surface area (Å²) in [4.78, 5) is 14.7. The van der Waals surface area contributed by atoms with Crippen LogP contribution in [0.15, 0.2) is 90.7 Å². The van der Waals surface area contributed by atoms with Gasteiger partial charge in [-0.2, -0.15) is 0 Å². The molecular formula is C24H21NO2. The van der Waals surface area contributed by atoms with Crippen molar-refractivity contribution in [3.05, 3.63) is 113 Å². The standard InChI is InChI=1S/C24H21NO2/c1-17-12-14-20(15-13-17)22-21(19-10-6-3-7-11-19)23(26)24(27)25(22)16-18-8-4-2-5-9-18/h2-15,22,26H,16H2,1H3/t22-/m0/s1. The first-order valence-corrected chi connectivity index (χ1v) is 9.05. The Morgan fingerprint density at radius 1 is 0.852 bits per heavy atom. The predicted molar refractivity (Wildman–Crippen MR) is 107 cm³/mol. The van der Waals surface area contributed by atoms with Crippen molar-refractivity contribution in [1.29, 1.82) is 0 Å². The molecule has 1 atom stereocenters. The fourth-order valence-corrected chi connectivity index (χ4v) is 3.60. The van der Waals surface area contributed by atoms with E-state index in [0.717, 1.165) is 22.3 Å². The van der Waals surface area contributed by atoms with Crippen LogP contribution in [-0.2, 0) is 11.3 Å². The van der Waals surface area contributed by atoms with Gasteiger partial charge in [0.1, 0.15) is 0 Å². The Bertz CT molecular complexity index is 976. The van der Waals surface area contributed by atoms with E-state index in [4.69, 9.17) is 0 Å². The lowest BCUT2D eigenvalue weighted by atomic mass is 9.93. The van der Waals surface area contributed by atoms with E-state index in [9.17, 15) is 9.90 Å². The molecule has 0 fully saturated rings. The Balaban J connectivity index is 1.81. The molecule has 1 heterocycles. The fourth-order valence-electron chi connectivity index (χ4n) is 3.60. The molecule has 0 saturated carbocycles. The molecule has 3 aromatic rings. The zero-order valence-corrected chi connectivity index (χ0v) is 15.2. The highest BCUT2D eigenvalue weighted by atomic mass is 16.3. The predicted octanol–water partition coefficient (Wildman–Crippen LogP) is 5.05. The maximum Gasteiger partial charge on any atom is 0.290 e. The number of aliphatic hydroxyl groups is 1. The van der Waals surface area contributed by atoms with Gasteiger partial charge in [-0.1, -0.05) is 90.5 Å². The van der Waals surface area contributed by atoms with Crippen LogP contribution in [0.3, 0.4) is 0 Å². The normalized spacial score (nSPS) is 16.9. The van der Waals surface area contributed by atoms with Crippen LogP contribution in [0.4, 0.5) is 0 Å². The largest absolute Gasteiger partial charge is 0.503 e. The first-order chi connectivity index (χ1) is 13.1. The molecule has 0 unspecified atom stereocenters. The summed E-state index contributed by atoms with van der Waals surface area (Å²) in [6.45, 7) is 2.48. The molecule has 3 aromatic carbocycles. The number of amides is 1. The van der Waals surface area contributed by atoms with Crippen molar-refractivity contribution < 1.29 is 9.90 Å². The van der Waals surface area contributed by atoms with E-state index in [2.05, 4.69) is 0 Å². The average Bonchev–Trinajstić information content (AvgIpc) is 2.95.